The number of methoxy groups -OCH3 is 1. The van der Waals surface area contributed by atoms with E-state index < -0.39 is 0 Å². The Hall–Kier alpha value is -0.900. The summed E-state index contributed by atoms with van der Waals surface area (Å²) in [4.78, 5) is 11.9. The zero-order valence-electron chi connectivity index (χ0n) is 6.62. The van der Waals surface area contributed by atoms with Gasteiger partial charge in [0.1, 0.15) is 5.82 Å². The van der Waals surface area contributed by atoms with Crippen LogP contribution in [0.3, 0.4) is 0 Å². The van der Waals surface area contributed by atoms with Crippen LogP contribution in [0.25, 0.3) is 0 Å². The van der Waals surface area contributed by atoms with Crippen molar-refractivity contribution < 1.29 is 4.74 Å². The van der Waals surface area contributed by atoms with Crippen molar-refractivity contribution in [3.05, 3.63) is 11.1 Å². The Labute approximate surface area is 75.0 Å². The number of nitrogens with zero attached hydrogens (tertiary/aromatic N) is 3. The molecule has 4 nitrogen and oxygen atoms in total. The number of halogens is 1. The summed E-state index contributed by atoms with van der Waals surface area (Å²) in [7, 11) is 1.52. The van der Waals surface area contributed by atoms with Gasteiger partial charge in [0.15, 0.2) is 0 Å². The first kappa shape index (κ1) is 7.73. The molecule has 1 saturated carbocycles. The second-order valence-electron chi connectivity index (χ2n) is 2.72. The summed E-state index contributed by atoms with van der Waals surface area (Å²) in [6.45, 7) is 0. The van der Waals surface area contributed by atoms with Gasteiger partial charge < -0.3 is 4.74 Å². The Kier molecular flexibility index (Phi) is 1.84. The summed E-state index contributed by atoms with van der Waals surface area (Å²) in [5.74, 6) is 1.23. The Morgan fingerprint density at radius 3 is 2.67 bits per heavy atom. The van der Waals surface area contributed by atoms with Gasteiger partial charge in [0, 0.05) is 5.92 Å². The molecule has 0 aliphatic heterocycles. The highest BCUT2D eigenvalue weighted by Crippen LogP contribution is 2.38. The van der Waals surface area contributed by atoms with E-state index in [0.717, 1.165) is 18.7 Å². The normalized spacial score (nSPS) is 16.2. The van der Waals surface area contributed by atoms with Gasteiger partial charge in [-0.2, -0.15) is 9.97 Å². The highest BCUT2D eigenvalue weighted by Gasteiger charge is 2.27. The summed E-state index contributed by atoms with van der Waals surface area (Å²) in [5, 5.41) is 0.212. The Morgan fingerprint density at radius 2 is 2.08 bits per heavy atom. The summed E-state index contributed by atoms with van der Waals surface area (Å²) in [6, 6.07) is 0.303. The lowest BCUT2D eigenvalue weighted by molar-refractivity contribution is 0.375. The maximum absolute atomic E-state index is 5.66. The van der Waals surface area contributed by atoms with E-state index in [-0.39, 0.29) is 5.28 Å². The predicted octanol–water partition coefficient (Wildman–Crippen LogP) is 1.41. The quantitative estimate of drug-likeness (QED) is 0.699. The van der Waals surface area contributed by atoms with Crippen LogP contribution in [0.5, 0.6) is 6.01 Å². The van der Waals surface area contributed by atoms with Crippen molar-refractivity contribution in [2.45, 2.75) is 18.8 Å². The summed E-state index contributed by atoms with van der Waals surface area (Å²) < 4.78 is 4.87. The summed E-state index contributed by atoms with van der Waals surface area (Å²) in [6.07, 6.45) is 2.28. The molecule has 0 bridgehead atoms. The maximum Gasteiger partial charge on any atom is 0.320 e. The summed E-state index contributed by atoms with van der Waals surface area (Å²) in [5.41, 5.74) is 0. The monoisotopic (exact) mass is 185 g/mol. The topological polar surface area (TPSA) is 47.9 Å². The van der Waals surface area contributed by atoms with Gasteiger partial charge in [0.05, 0.1) is 7.11 Å². The molecule has 2 rings (SSSR count). The molecule has 64 valence electrons. The van der Waals surface area contributed by atoms with E-state index in [1.807, 2.05) is 0 Å². The molecular weight excluding hydrogens is 178 g/mol. The van der Waals surface area contributed by atoms with E-state index in [0.29, 0.717) is 11.9 Å². The van der Waals surface area contributed by atoms with Crippen LogP contribution in [0.1, 0.15) is 24.6 Å². The van der Waals surface area contributed by atoms with E-state index in [9.17, 15) is 0 Å². The van der Waals surface area contributed by atoms with Gasteiger partial charge in [-0.05, 0) is 24.4 Å². The minimum absolute atomic E-state index is 0.212. The molecular formula is C7H8ClN3O. The minimum Gasteiger partial charge on any atom is -0.467 e. The van der Waals surface area contributed by atoms with Crippen molar-refractivity contribution in [1.82, 2.24) is 15.0 Å². The van der Waals surface area contributed by atoms with Crippen molar-refractivity contribution in [2.24, 2.45) is 0 Å². The molecule has 1 fully saturated rings. The molecule has 0 amide bonds. The lowest BCUT2D eigenvalue weighted by Gasteiger charge is -2.00. The first-order valence-electron chi connectivity index (χ1n) is 3.75. The number of ether oxygens (including phenoxy) is 1. The fourth-order valence-corrected chi connectivity index (χ4v) is 1.12. The molecule has 1 aromatic heterocycles. The molecule has 1 aliphatic carbocycles. The predicted molar refractivity (Wildman–Crippen MR) is 43.4 cm³/mol. The molecule has 12 heavy (non-hydrogen) atoms. The molecule has 0 spiro atoms. The zero-order chi connectivity index (χ0) is 8.55. The maximum atomic E-state index is 5.66. The smallest absolute Gasteiger partial charge is 0.320 e. The van der Waals surface area contributed by atoms with Gasteiger partial charge in [0.25, 0.3) is 0 Å². The Morgan fingerprint density at radius 1 is 1.33 bits per heavy atom. The van der Waals surface area contributed by atoms with E-state index in [2.05, 4.69) is 15.0 Å². The van der Waals surface area contributed by atoms with Gasteiger partial charge in [-0.3, -0.25) is 0 Å². The zero-order valence-corrected chi connectivity index (χ0v) is 7.38. The molecule has 0 unspecified atom stereocenters. The van der Waals surface area contributed by atoms with E-state index in [1.54, 1.807) is 0 Å². The fourth-order valence-electron chi connectivity index (χ4n) is 0.962. The van der Waals surface area contributed by atoms with E-state index in [1.165, 1.54) is 7.11 Å². The molecule has 0 atom stereocenters. The van der Waals surface area contributed by atoms with Crippen LogP contribution >= 0.6 is 11.6 Å². The first-order valence-corrected chi connectivity index (χ1v) is 4.13. The second kappa shape index (κ2) is 2.86. The van der Waals surface area contributed by atoms with Crippen LogP contribution in [0.2, 0.25) is 5.28 Å². The molecule has 0 radical (unpaired) electrons. The molecule has 0 aromatic carbocycles. The number of rotatable bonds is 2. The molecule has 1 heterocycles. The average molecular weight is 186 g/mol. The SMILES string of the molecule is COc1nc(Cl)nc(C2CC2)n1. The van der Waals surface area contributed by atoms with Crippen molar-refractivity contribution >= 4 is 11.6 Å². The third-order valence-corrected chi connectivity index (χ3v) is 1.90. The highest BCUT2D eigenvalue weighted by atomic mass is 35.5. The van der Waals surface area contributed by atoms with Gasteiger partial charge in [-0.15, -0.1) is 0 Å². The highest BCUT2D eigenvalue weighted by molar-refractivity contribution is 6.28. The lowest BCUT2D eigenvalue weighted by atomic mass is 10.4. The van der Waals surface area contributed by atoms with Crippen LogP contribution in [0.15, 0.2) is 0 Å². The van der Waals surface area contributed by atoms with Crippen molar-refractivity contribution in [3.8, 4) is 6.01 Å². The summed E-state index contributed by atoms with van der Waals surface area (Å²) >= 11 is 5.66. The van der Waals surface area contributed by atoms with E-state index >= 15 is 0 Å². The van der Waals surface area contributed by atoms with Crippen molar-refractivity contribution in [1.29, 1.82) is 0 Å². The first-order chi connectivity index (χ1) is 5.79. The third-order valence-electron chi connectivity index (χ3n) is 1.73. The van der Waals surface area contributed by atoms with Crippen LogP contribution in [-0.2, 0) is 0 Å². The van der Waals surface area contributed by atoms with Gasteiger partial charge in [-0.25, -0.2) is 4.98 Å². The Bertz CT molecular complexity index is 301. The fraction of sp³-hybridized carbons (Fsp3) is 0.571. The van der Waals surface area contributed by atoms with Crippen LogP contribution in [-0.4, -0.2) is 22.1 Å². The lowest BCUT2D eigenvalue weighted by Crippen LogP contribution is -1.99. The molecule has 1 aromatic rings. The largest absolute Gasteiger partial charge is 0.467 e. The molecule has 5 heteroatoms. The standard InChI is InChI=1S/C7H8ClN3O/c1-12-7-10-5(4-2-3-4)9-6(8)11-7/h4H,2-3H2,1H3. The van der Waals surface area contributed by atoms with Gasteiger partial charge in [0.2, 0.25) is 5.28 Å². The van der Waals surface area contributed by atoms with Crippen molar-refractivity contribution in [2.75, 3.05) is 7.11 Å². The van der Waals surface area contributed by atoms with Gasteiger partial charge in [-0.1, -0.05) is 0 Å². The minimum atomic E-state index is 0.212. The third kappa shape index (κ3) is 1.48. The van der Waals surface area contributed by atoms with E-state index in [4.69, 9.17) is 16.3 Å². The van der Waals surface area contributed by atoms with Crippen molar-refractivity contribution in [3.63, 3.8) is 0 Å². The molecule has 0 N–H and O–H groups in total. The Balaban J connectivity index is 2.34. The van der Waals surface area contributed by atoms with Crippen LogP contribution < -0.4 is 4.74 Å². The molecule has 1 aliphatic rings. The number of hydrogen-bond acceptors (Lipinski definition) is 4. The number of hydrogen-bond donors (Lipinski definition) is 0. The van der Waals surface area contributed by atoms with Crippen LogP contribution in [0, 0.1) is 0 Å². The molecule has 0 saturated heterocycles. The van der Waals surface area contributed by atoms with Crippen LogP contribution in [0.4, 0.5) is 0 Å². The number of aromatic nitrogens is 3. The van der Waals surface area contributed by atoms with Gasteiger partial charge >= 0.3 is 6.01 Å². The second-order valence-corrected chi connectivity index (χ2v) is 3.06. The average Bonchev–Trinajstić information content (AvgIpc) is 2.85.